The van der Waals surface area contributed by atoms with E-state index in [2.05, 4.69) is 10.4 Å². The van der Waals surface area contributed by atoms with Crippen molar-refractivity contribution < 1.29 is 14.3 Å². The normalized spacial score (nSPS) is 12.2. The molecule has 7 heteroatoms. The molecule has 0 amide bonds. The van der Waals surface area contributed by atoms with Gasteiger partial charge < -0.3 is 14.8 Å². The van der Waals surface area contributed by atoms with Crippen molar-refractivity contribution in [3.05, 3.63) is 99.3 Å². The minimum atomic E-state index is -1.01. The van der Waals surface area contributed by atoms with Crippen molar-refractivity contribution in [3.8, 4) is 5.88 Å². The number of benzene rings is 3. The fourth-order valence-electron chi connectivity index (χ4n) is 4.28. The Labute approximate surface area is 195 Å². The molecule has 5 rings (SSSR count). The molecule has 0 saturated heterocycles. The van der Waals surface area contributed by atoms with Gasteiger partial charge in [0.25, 0.3) is 0 Å². The average molecular weight is 453 g/mol. The van der Waals surface area contributed by atoms with E-state index in [9.17, 15) is 14.7 Å². The van der Waals surface area contributed by atoms with Gasteiger partial charge in [0, 0.05) is 22.7 Å². The van der Waals surface area contributed by atoms with Crippen LogP contribution in [-0.4, -0.2) is 20.9 Å². The number of carboxylic acids is 1. The molecule has 0 aliphatic heterocycles. The van der Waals surface area contributed by atoms with Crippen molar-refractivity contribution in [1.29, 1.82) is 0 Å². The molecular weight excluding hydrogens is 430 g/mol. The quantitative estimate of drug-likeness (QED) is 0.358. The lowest BCUT2D eigenvalue weighted by Gasteiger charge is -2.19. The summed E-state index contributed by atoms with van der Waals surface area (Å²) in [6.45, 7) is 5.83. The Kier molecular flexibility index (Phi) is 5.17. The van der Waals surface area contributed by atoms with Gasteiger partial charge in [-0.25, -0.2) is 4.79 Å². The van der Waals surface area contributed by atoms with Gasteiger partial charge in [0.2, 0.25) is 5.88 Å². The molecule has 0 unspecified atom stereocenters. The molecule has 0 fully saturated rings. The van der Waals surface area contributed by atoms with Crippen LogP contribution in [0.25, 0.3) is 27.8 Å². The Morgan fingerprint density at radius 1 is 1.06 bits per heavy atom. The van der Waals surface area contributed by atoms with Crippen LogP contribution < -0.4 is 10.7 Å². The number of nitrogens with zero attached hydrogens (tertiary/aromatic N) is 2. The highest BCUT2D eigenvalue weighted by atomic mass is 16.4. The highest BCUT2D eigenvalue weighted by Crippen LogP contribution is 2.30. The Bertz CT molecular complexity index is 1630. The number of hydrogen-bond acceptors (Lipinski definition) is 5. The summed E-state index contributed by atoms with van der Waals surface area (Å²) in [6, 6.07) is 17.6. The molecule has 2 N–H and O–H groups in total. The Morgan fingerprint density at radius 2 is 1.85 bits per heavy atom. The molecule has 0 saturated carbocycles. The molecule has 7 nitrogen and oxygen atoms in total. The van der Waals surface area contributed by atoms with Crippen LogP contribution in [0.4, 0.5) is 5.69 Å². The number of aromatic nitrogens is 2. The number of para-hydroxylation sites is 1. The maximum absolute atomic E-state index is 13.1. The summed E-state index contributed by atoms with van der Waals surface area (Å²) < 4.78 is 7.91. The van der Waals surface area contributed by atoms with Crippen molar-refractivity contribution in [2.24, 2.45) is 0 Å². The van der Waals surface area contributed by atoms with Gasteiger partial charge in [-0.1, -0.05) is 29.8 Å². The molecule has 2 heterocycles. The number of anilines is 1. The van der Waals surface area contributed by atoms with Crippen molar-refractivity contribution in [2.45, 2.75) is 26.8 Å². The first-order valence-electron chi connectivity index (χ1n) is 10.9. The summed E-state index contributed by atoms with van der Waals surface area (Å²) in [5.41, 5.74) is 4.54. The van der Waals surface area contributed by atoms with E-state index in [1.54, 1.807) is 41.2 Å². The van der Waals surface area contributed by atoms with Crippen LogP contribution in [0.15, 0.2) is 76.1 Å². The Hall–Kier alpha value is -4.39. The number of carboxylic acid groups (broad SMARTS) is 1. The van der Waals surface area contributed by atoms with Gasteiger partial charge in [0.15, 0.2) is 5.43 Å². The summed E-state index contributed by atoms with van der Waals surface area (Å²) in [4.78, 5) is 24.8. The van der Waals surface area contributed by atoms with E-state index in [4.69, 9.17) is 4.42 Å². The standard InChI is InChI=1S/C27H23N3O4/c1-15-8-9-23-18(10-15)14-28-30(23)25-13-24(31)21-12-16(2)11-20(26(21)34-25)17(3)29-22-7-5-4-6-19(22)27(32)33/h4-14,17,29H,1-3H3,(H,32,33)/t17-/m1/s1. The van der Waals surface area contributed by atoms with E-state index in [-0.39, 0.29) is 17.0 Å². The number of fused-ring (bicyclic) bond motifs is 2. The van der Waals surface area contributed by atoms with E-state index >= 15 is 0 Å². The summed E-state index contributed by atoms with van der Waals surface area (Å²) in [5.74, 6) is -0.696. The van der Waals surface area contributed by atoms with Gasteiger partial charge in [-0.05, 0) is 56.7 Å². The van der Waals surface area contributed by atoms with E-state index in [0.29, 0.717) is 22.5 Å². The molecule has 0 aliphatic rings. The number of hydrogen-bond donors (Lipinski definition) is 2. The highest BCUT2D eigenvalue weighted by molar-refractivity contribution is 5.94. The third-order valence-electron chi connectivity index (χ3n) is 5.92. The van der Waals surface area contributed by atoms with Gasteiger partial charge >= 0.3 is 5.97 Å². The molecular formula is C27H23N3O4. The monoisotopic (exact) mass is 453 g/mol. The molecule has 3 aromatic carbocycles. The van der Waals surface area contributed by atoms with E-state index in [1.165, 1.54) is 6.07 Å². The Morgan fingerprint density at radius 3 is 2.65 bits per heavy atom. The zero-order chi connectivity index (χ0) is 24.0. The third-order valence-corrected chi connectivity index (χ3v) is 5.92. The van der Waals surface area contributed by atoms with Crippen molar-refractivity contribution >= 4 is 33.5 Å². The van der Waals surface area contributed by atoms with Crippen molar-refractivity contribution in [1.82, 2.24) is 9.78 Å². The van der Waals surface area contributed by atoms with Crippen LogP contribution in [-0.2, 0) is 0 Å². The Balaban J connectivity index is 1.66. The molecule has 5 aromatic rings. The summed E-state index contributed by atoms with van der Waals surface area (Å²) in [5, 5.41) is 18.7. The molecule has 170 valence electrons. The second-order valence-corrected chi connectivity index (χ2v) is 8.52. The largest absolute Gasteiger partial charge is 0.478 e. The maximum atomic E-state index is 13.1. The van der Waals surface area contributed by atoms with E-state index in [0.717, 1.165) is 27.6 Å². The first kappa shape index (κ1) is 21.5. The van der Waals surface area contributed by atoms with Crippen LogP contribution >= 0.6 is 0 Å². The third kappa shape index (κ3) is 3.71. The van der Waals surface area contributed by atoms with E-state index in [1.807, 2.05) is 45.0 Å². The summed E-state index contributed by atoms with van der Waals surface area (Å²) in [6.07, 6.45) is 1.75. The number of rotatable bonds is 5. The van der Waals surface area contributed by atoms with Crippen LogP contribution in [0, 0.1) is 13.8 Å². The molecule has 1 atom stereocenters. The topological polar surface area (TPSA) is 97.4 Å². The second-order valence-electron chi connectivity index (χ2n) is 8.52. The second kappa shape index (κ2) is 8.19. The lowest BCUT2D eigenvalue weighted by atomic mass is 10.0. The van der Waals surface area contributed by atoms with Crippen molar-refractivity contribution in [3.63, 3.8) is 0 Å². The summed E-state index contributed by atoms with van der Waals surface area (Å²) >= 11 is 0. The fraction of sp³-hybridized carbons (Fsp3) is 0.148. The summed E-state index contributed by atoms with van der Waals surface area (Å²) in [7, 11) is 0. The average Bonchev–Trinajstić information content (AvgIpc) is 3.22. The van der Waals surface area contributed by atoms with Gasteiger partial charge in [-0.15, -0.1) is 0 Å². The first-order valence-corrected chi connectivity index (χ1v) is 10.9. The maximum Gasteiger partial charge on any atom is 0.337 e. The lowest BCUT2D eigenvalue weighted by Crippen LogP contribution is -2.13. The van der Waals surface area contributed by atoms with Crippen LogP contribution in [0.2, 0.25) is 0 Å². The van der Waals surface area contributed by atoms with Crippen molar-refractivity contribution in [2.75, 3.05) is 5.32 Å². The predicted molar refractivity (Wildman–Crippen MR) is 132 cm³/mol. The molecule has 0 spiro atoms. The van der Waals surface area contributed by atoms with Crippen LogP contribution in [0.3, 0.4) is 0 Å². The zero-order valence-electron chi connectivity index (χ0n) is 19.0. The van der Waals surface area contributed by atoms with Gasteiger partial charge in [0.1, 0.15) is 5.58 Å². The molecule has 2 aromatic heterocycles. The predicted octanol–water partition coefficient (Wildman–Crippen LogP) is 5.62. The van der Waals surface area contributed by atoms with Gasteiger partial charge in [0.05, 0.1) is 28.7 Å². The lowest BCUT2D eigenvalue weighted by molar-refractivity contribution is 0.0698. The van der Waals surface area contributed by atoms with Gasteiger partial charge in [-0.2, -0.15) is 9.78 Å². The number of nitrogens with one attached hydrogen (secondary N) is 1. The smallest absolute Gasteiger partial charge is 0.337 e. The van der Waals surface area contributed by atoms with E-state index < -0.39 is 5.97 Å². The molecule has 0 radical (unpaired) electrons. The minimum Gasteiger partial charge on any atom is -0.478 e. The van der Waals surface area contributed by atoms with Crippen LogP contribution in [0.5, 0.6) is 0 Å². The van der Waals surface area contributed by atoms with Gasteiger partial charge in [-0.3, -0.25) is 4.79 Å². The number of carbonyl (C=O) groups is 1. The highest BCUT2D eigenvalue weighted by Gasteiger charge is 2.19. The number of aromatic carboxylic acids is 1. The molecule has 0 aliphatic carbocycles. The zero-order valence-corrected chi connectivity index (χ0v) is 19.0. The first-order chi connectivity index (χ1) is 16.3. The molecule has 0 bridgehead atoms. The molecule has 34 heavy (non-hydrogen) atoms. The fourth-order valence-corrected chi connectivity index (χ4v) is 4.28. The minimum absolute atomic E-state index is 0.171. The van der Waals surface area contributed by atoms with Crippen LogP contribution in [0.1, 0.15) is 40.0 Å². The SMILES string of the molecule is Cc1ccc2c(cnn2-c2cc(=O)c3cc(C)cc([C@@H](C)Nc4ccccc4C(=O)O)c3o2)c1. The number of aryl methyl sites for hydroxylation is 2.